The number of carbonyl (C=O) groups excluding carboxylic acids is 8. The number of Topliss-reactive ketones (excluding diaryl/α,β-unsaturated/α-hetero) is 3. The molecule has 6 N–H and O–H groups in total. The van der Waals surface area contributed by atoms with Gasteiger partial charge in [-0.3, -0.25) is 28.8 Å². The Hall–Kier alpha value is -7.28. The Morgan fingerprint density at radius 3 is 1.93 bits per heavy atom. The van der Waals surface area contributed by atoms with Crippen LogP contribution < -0.4 is 30.5 Å². The van der Waals surface area contributed by atoms with Crippen molar-refractivity contribution in [3.8, 4) is 5.88 Å². The number of nitrogens with one attached hydrogen (secondary N) is 2. The second-order valence-electron chi connectivity index (χ2n) is 20.6. The van der Waals surface area contributed by atoms with Gasteiger partial charge in [0.2, 0.25) is 37.7 Å². The van der Waals surface area contributed by atoms with E-state index in [0.29, 0.717) is 67.8 Å². The predicted molar refractivity (Wildman–Crippen MR) is 322 cm³/mol. The van der Waals surface area contributed by atoms with Crippen LogP contribution >= 0.6 is 34.9 Å². The molecule has 0 aliphatic carbocycles. The molecule has 0 radical (unpaired) electrons. The highest BCUT2D eigenvalue weighted by molar-refractivity contribution is 7.89. The molecule has 0 bridgehead atoms. The number of esters is 2. The fourth-order valence-electron chi connectivity index (χ4n) is 7.84. The molecule has 2 amide bonds. The highest BCUT2D eigenvalue weighted by Gasteiger charge is 2.27. The first-order valence-electron chi connectivity index (χ1n) is 27.1. The number of carbonyl (C=O) groups is 8. The standard InChI is InChI=1S/C34H45ClN6O12S2.C21H24ClN3O9S/c1-34(2,3)37-16-24(18-52-33-32(38-54-39-33)41-9-12-48-13-10-41)53-31(45)21-51-30(44)17-40(4)29(43)20-49-19-27(42)25-15-28(55(36,46)47)26(35)14-22(25)7-8-23-6-5-11-50-23;1-25(10-14(27)11-32-6-4-26)21(29)13-33-12-19(28)16-7-20(35(23,30)31)17(22)8-18(16)24-9-15-3-2-5-34-15/h5-6,11,14-15,24,37H,7-10,12-13,16-21H2,1-4H3,(H2,36,46,47);2-5,7-8,24H,6,9-13H2,1H3,(H2,23,30,31)/t24-;/m0./s1. The molecule has 0 spiro atoms. The molecule has 1 fully saturated rings. The van der Waals surface area contributed by atoms with Gasteiger partial charge in [0.25, 0.3) is 5.88 Å². The Balaban J connectivity index is 0.000000362. The van der Waals surface area contributed by atoms with Crippen LogP contribution in [-0.2, 0) is 96.6 Å². The molecule has 4 heterocycles. The van der Waals surface area contributed by atoms with Gasteiger partial charge in [0.05, 0.1) is 60.6 Å². The number of aromatic nitrogens is 2. The molecule has 1 atom stereocenters. The summed E-state index contributed by atoms with van der Waals surface area (Å²) in [5.41, 5.74) is 0.247. The van der Waals surface area contributed by atoms with E-state index in [4.69, 9.17) is 75.5 Å². The van der Waals surface area contributed by atoms with Gasteiger partial charge in [0.15, 0.2) is 24.0 Å². The molecule has 1 aliphatic heterocycles. The molecule has 35 heteroatoms. The fourth-order valence-corrected chi connectivity index (χ4v) is 10.6. The molecule has 6 rings (SSSR count). The first kappa shape index (κ1) is 73.5. The maximum atomic E-state index is 13.1. The number of likely N-dealkylation sites (N-methyl/N-ethyl adjacent to an activating group) is 2. The van der Waals surface area contributed by atoms with Crippen LogP contribution in [0.3, 0.4) is 0 Å². The number of hydrogen-bond donors (Lipinski definition) is 4. The molecule has 2 aromatic carbocycles. The van der Waals surface area contributed by atoms with Crippen molar-refractivity contribution in [2.24, 2.45) is 10.3 Å². The highest BCUT2D eigenvalue weighted by atomic mass is 35.5. The van der Waals surface area contributed by atoms with Gasteiger partial charge in [-0.2, -0.15) is 4.37 Å². The molecule has 1 aliphatic rings. The van der Waals surface area contributed by atoms with Gasteiger partial charge >= 0.3 is 11.9 Å². The lowest BCUT2D eigenvalue weighted by atomic mass is 9.99. The number of primary sulfonamides is 2. The number of benzene rings is 2. The summed E-state index contributed by atoms with van der Waals surface area (Å²) in [5.74, 6) is -2.63. The van der Waals surface area contributed by atoms with E-state index in [1.54, 1.807) is 24.3 Å². The summed E-state index contributed by atoms with van der Waals surface area (Å²) in [6.45, 7) is 4.19. The van der Waals surface area contributed by atoms with Gasteiger partial charge in [0.1, 0.15) is 86.5 Å². The van der Waals surface area contributed by atoms with E-state index in [0.717, 1.165) is 33.7 Å². The van der Waals surface area contributed by atoms with Crippen LogP contribution in [0.15, 0.2) is 79.7 Å². The summed E-state index contributed by atoms with van der Waals surface area (Å²) < 4.78 is 104. The number of amides is 2. The summed E-state index contributed by atoms with van der Waals surface area (Å²) in [6, 6.07) is 11.5. The summed E-state index contributed by atoms with van der Waals surface area (Å²) in [7, 11) is -5.81. The van der Waals surface area contributed by atoms with Crippen LogP contribution in [-0.4, -0.2) is 207 Å². The van der Waals surface area contributed by atoms with Crippen LogP contribution in [0, 0.1) is 0 Å². The Morgan fingerprint density at radius 1 is 0.756 bits per heavy atom. The van der Waals surface area contributed by atoms with Gasteiger partial charge in [-0.25, -0.2) is 31.9 Å². The number of hydrogen-bond acceptors (Lipinski definition) is 27. The van der Waals surface area contributed by atoms with E-state index in [2.05, 4.69) is 19.4 Å². The number of morpholine rings is 1. The SMILES string of the molecule is CN(CC(=O)COCC=O)C(=O)COCC(=O)c1cc(S(N)(=O)=O)c(Cl)cc1NCc1ccco1.CN(CC(=O)OCC(=O)O[C@@H](CNC(C)(C)C)COc1nsnc1N1CCOCC1)C(=O)COCC(=O)c1cc(S(N)(=O)=O)c(Cl)cc1CCc1ccco1. The largest absolute Gasteiger partial charge is 0.470 e. The second-order valence-corrected chi connectivity index (χ2v) is 25.0. The van der Waals surface area contributed by atoms with Gasteiger partial charge in [-0.15, -0.1) is 4.37 Å². The molecule has 0 unspecified atom stereocenters. The van der Waals surface area contributed by atoms with Crippen molar-refractivity contribution in [3.05, 3.63) is 99.3 Å². The molecule has 3 aromatic heterocycles. The third-order valence-electron chi connectivity index (χ3n) is 12.4. The Bertz CT molecular complexity index is 3490. The van der Waals surface area contributed by atoms with Crippen molar-refractivity contribution in [3.63, 3.8) is 0 Å². The van der Waals surface area contributed by atoms with Crippen LogP contribution in [0.1, 0.15) is 58.6 Å². The van der Waals surface area contributed by atoms with Gasteiger partial charge in [-0.05, 0) is 81.3 Å². The highest BCUT2D eigenvalue weighted by Crippen LogP contribution is 2.31. The first-order chi connectivity index (χ1) is 42.5. The number of aldehydes is 1. The predicted octanol–water partition coefficient (Wildman–Crippen LogP) is 2.27. The van der Waals surface area contributed by atoms with Crippen LogP contribution in [0.4, 0.5) is 11.5 Å². The van der Waals surface area contributed by atoms with E-state index >= 15 is 0 Å². The van der Waals surface area contributed by atoms with E-state index < -0.39 is 117 Å². The lowest BCUT2D eigenvalue weighted by Gasteiger charge is -2.27. The molecule has 1 saturated heterocycles. The third kappa shape index (κ3) is 24.8. The Morgan fingerprint density at radius 2 is 1.34 bits per heavy atom. The number of anilines is 2. The number of nitrogens with zero attached hydrogens (tertiary/aromatic N) is 5. The van der Waals surface area contributed by atoms with Crippen LogP contribution in [0.5, 0.6) is 5.88 Å². The van der Waals surface area contributed by atoms with E-state index in [9.17, 15) is 55.2 Å². The van der Waals surface area contributed by atoms with Crippen molar-refractivity contribution in [1.29, 1.82) is 0 Å². The number of nitrogens with two attached hydrogens (primary N) is 2. The van der Waals surface area contributed by atoms with Crippen molar-refractivity contribution in [1.82, 2.24) is 23.9 Å². The number of aryl methyl sites for hydroxylation is 2. The number of ketones is 3. The molecular formula is C55H69Cl2N9O21S3. The summed E-state index contributed by atoms with van der Waals surface area (Å²) in [5, 5.41) is 16.3. The van der Waals surface area contributed by atoms with E-state index in [-0.39, 0.29) is 78.3 Å². The van der Waals surface area contributed by atoms with Gasteiger partial charge < -0.3 is 72.1 Å². The quantitative estimate of drug-likeness (QED) is 0.0196. The molecule has 0 saturated carbocycles. The third-order valence-corrected chi connectivity index (χ3v) is 15.6. The van der Waals surface area contributed by atoms with Gasteiger partial charge in [0, 0.05) is 62.5 Å². The van der Waals surface area contributed by atoms with Crippen molar-refractivity contribution >= 4 is 114 Å². The zero-order chi connectivity index (χ0) is 66.2. The fraction of sp³-hybridized carbons (Fsp3) is 0.455. The van der Waals surface area contributed by atoms with Crippen LogP contribution in [0.25, 0.3) is 0 Å². The number of halogens is 2. The first-order valence-corrected chi connectivity index (χ1v) is 31.7. The molecule has 30 nitrogen and oxygen atoms in total. The number of rotatable bonds is 35. The Kier molecular flexibility index (Phi) is 28.9. The summed E-state index contributed by atoms with van der Waals surface area (Å²) in [4.78, 5) is 101. The number of ether oxygens (including phenoxy) is 7. The smallest absolute Gasteiger partial charge is 0.344 e. The molecule has 90 heavy (non-hydrogen) atoms. The molecule has 492 valence electrons. The molecule has 5 aromatic rings. The lowest BCUT2D eigenvalue weighted by molar-refractivity contribution is -0.164. The normalized spacial score (nSPS) is 12.9. The topological polar surface area (TPSA) is 407 Å². The summed E-state index contributed by atoms with van der Waals surface area (Å²) in [6.07, 6.45) is 3.35. The average molecular weight is 1360 g/mol. The molecular weight excluding hydrogens is 1290 g/mol. The minimum Gasteiger partial charge on any atom is -0.470 e. The monoisotopic (exact) mass is 1360 g/mol. The van der Waals surface area contributed by atoms with Gasteiger partial charge in [-0.1, -0.05) is 23.2 Å². The maximum Gasteiger partial charge on any atom is 0.344 e. The van der Waals surface area contributed by atoms with Crippen molar-refractivity contribution in [2.45, 2.75) is 61.6 Å². The van der Waals surface area contributed by atoms with E-state index in [1.165, 1.54) is 38.8 Å². The number of furan rings is 2. The maximum absolute atomic E-state index is 13.1. The second kappa shape index (κ2) is 35.4. The Labute approximate surface area is 532 Å². The summed E-state index contributed by atoms with van der Waals surface area (Å²) >= 11 is 13.2. The number of sulfonamides is 2. The average Bonchev–Trinajstić information content (AvgIpc) is 1.25. The lowest BCUT2D eigenvalue weighted by Crippen LogP contribution is -2.44. The van der Waals surface area contributed by atoms with Crippen LogP contribution in [0.2, 0.25) is 10.0 Å². The zero-order valence-electron chi connectivity index (χ0n) is 49.6. The minimum absolute atomic E-state index is 0.00267. The van der Waals surface area contributed by atoms with Crippen molar-refractivity contribution in [2.75, 3.05) is 123 Å². The zero-order valence-corrected chi connectivity index (χ0v) is 53.6. The van der Waals surface area contributed by atoms with E-state index in [1.807, 2.05) is 25.7 Å². The minimum atomic E-state index is -4.26. The van der Waals surface area contributed by atoms with Crippen molar-refractivity contribution < 1.29 is 97.2 Å².